The standard InChI is InChI=1S/C28H42N7O9/c1-15(2)21(14-37)32-25(41)12-22(38)19(10-16-6-4-3-5-7-16)34-28(44)20(11-24(31)40)35-27(43)18(8-9-23(30)39)33-26(42)17(29)13-36/h3-7,15,17-22,36,38H,8-13,29H2,1-2H3,(H2,30,39)(H2,31,40)(H,32,41)(H,33,42)(H,34,44)(H,35,43)/t17-,18-,19?,20-,21?,22-/m0/s1. The van der Waals surface area contributed by atoms with Gasteiger partial charge in [-0.2, -0.15) is 0 Å². The number of nitrogens with one attached hydrogen (secondary N) is 4. The number of primary amides is 2. The Morgan fingerprint density at radius 3 is 1.95 bits per heavy atom. The van der Waals surface area contributed by atoms with Gasteiger partial charge in [0.2, 0.25) is 41.7 Å². The van der Waals surface area contributed by atoms with Crippen molar-refractivity contribution in [3.8, 4) is 0 Å². The summed E-state index contributed by atoms with van der Waals surface area (Å²) in [6.07, 6.45) is -1.57. The Kier molecular flexibility index (Phi) is 16.2. The van der Waals surface area contributed by atoms with E-state index in [-0.39, 0.29) is 25.2 Å². The van der Waals surface area contributed by atoms with Crippen molar-refractivity contribution in [3.05, 3.63) is 35.9 Å². The Morgan fingerprint density at radius 1 is 0.841 bits per heavy atom. The molecule has 0 spiro atoms. The summed E-state index contributed by atoms with van der Waals surface area (Å²) >= 11 is 0. The Balaban J connectivity index is 3.20. The number of aliphatic hydroxyl groups is 2. The monoisotopic (exact) mass is 620 g/mol. The summed E-state index contributed by atoms with van der Waals surface area (Å²) in [5.41, 5.74) is 16.6. The number of benzene rings is 1. The highest BCUT2D eigenvalue weighted by Crippen LogP contribution is 2.11. The van der Waals surface area contributed by atoms with Crippen LogP contribution >= 0.6 is 0 Å². The molecule has 0 aliphatic rings. The number of amides is 6. The molecule has 1 aromatic carbocycles. The van der Waals surface area contributed by atoms with E-state index in [9.17, 15) is 38.7 Å². The molecule has 2 unspecified atom stereocenters. The topological polar surface area (TPSA) is 286 Å². The second-order valence-corrected chi connectivity index (χ2v) is 10.6. The van der Waals surface area contributed by atoms with Gasteiger partial charge in [0.1, 0.15) is 18.1 Å². The first-order valence-electron chi connectivity index (χ1n) is 13.9. The van der Waals surface area contributed by atoms with Crippen LogP contribution in [0.2, 0.25) is 0 Å². The Labute approximate surface area is 254 Å². The van der Waals surface area contributed by atoms with Gasteiger partial charge in [0, 0.05) is 6.42 Å². The van der Waals surface area contributed by atoms with Crippen molar-refractivity contribution in [2.45, 2.75) is 82.3 Å². The lowest BCUT2D eigenvalue weighted by Crippen LogP contribution is -2.58. The van der Waals surface area contributed by atoms with Gasteiger partial charge in [-0.15, -0.1) is 0 Å². The summed E-state index contributed by atoms with van der Waals surface area (Å²) in [5, 5.41) is 29.7. The number of carbonyl (C=O) groups is 6. The summed E-state index contributed by atoms with van der Waals surface area (Å²) in [5.74, 6) is -5.58. The van der Waals surface area contributed by atoms with E-state index in [4.69, 9.17) is 22.3 Å². The zero-order valence-electron chi connectivity index (χ0n) is 24.7. The molecule has 0 aliphatic heterocycles. The van der Waals surface area contributed by atoms with Crippen LogP contribution in [0.25, 0.3) is 0 Å². The Hall–Kier alpha value is -4.41. The van der Waals surface area contributed by atoms with Gasteiger partial charge in [0.25, 0.3) is 0 Å². The maximum absolute atomic E-state index is 13.4. The van der Waals surface area contributed by atoms with Crippen LogP contribution in [0.3, 0.4) is 0 Å². The molecule has 0 aromatic heterocycles. The molecule has 0 heterocycles. The maximum atomic E-state index is 13.4. The van der Waals surface area contributed by atoms with Crippen LogP contribution in [0.15, 0.2) is 30.3 Å². The highest BCUT2D eigenvalue weighted by Gasteiger charge is 2.32. The number of carbonyl (C=O) groups excluding carboxylic acids is 7. The molecule has 1 rings (SSSR count). The van der Waals surface area contributed by atoms with E-state index >= 15 is 0 Å². The number of hydrogen-bond donors (Lipinski definition) is 9. The number of aliphatic hydroxyl groups excluding tert-OH is 2. The van der Waals surface area contributed by atoms with Gasteiger partial charge >= 0.3 is 0 Å². The number of hydrogen-bond acceptors (Lipinski definition) is 10. The molecular formula is C28H42N7O9. The molecule has 12 N–H and O–H groups in total. The summed E-state index contributed by atoms with van der Waals surface area (Å²) in [6.45, 7) is 2.66. The van der Waals surface area contributed by atoms with Crippen molar-refractivity contribution in [2.75, 3.05) is 6.61 Å². The molecule has 6 atom stereocenters. The van der Waals surface area contributed by atoms with E-state index in [1.54, 1.807) is 50.5 Å². The van der Waals surface area contributed by atoms with Crippen molar-refractivity contribution in [1.82, 2.24) is 21.3 Å². The second-order valence-electron chi connectivity index (χ2n) is 10.6. The molecule has 0 saturated heterocycles. The largest absolute Gasteiger partial charge is 0.394 e. The molecule has 1 aromatic rings. The van der Waals surface area contributed by atoms with E-state index in [1.165, 1.54) is 0 Å². The van der Waals surface area contributed by atoms with Gasteiger partial charge in [-0.05, 0) is 24.3 Å². The van der Waals surface area contributed by atoms with E-state index < -0.39 is 91.2 Å². The molecule has 0 fully saturated rings. The molecule has 0 bridgehead atoms. The minimum atomic E-state index is -1.60. The second kappa shape index (κ2) is 19.0. The van der Waals surface area contributed by atoms with Crippen LogP contribution in [0.1, 0.15) is 45.1 Å². The van der Waals surface area contributed by atoms with Crippen LogP contribution in [0, 0.1) is 5.92 Å². The van der Waals surface area contributed by atoms with E-state index in [2.05, 4.69) is 21.3 Å². The quantitative estimate of drug-likeness (QED) is 0.0684. The first kappa shape index (κ1) is 37.6. The molecule has 44 heavy (non-hydrogen) atoms. The lowest BCUT2D eigenvalue weighted by Gasteiger charge is -2.28. The zero-order chi connectivity index (χ0) is 33.4. The third-order valence-corrected chi connectivity index (χ3v) is 6.48. The van der Waals surface area contributed by atoms with Crippen LogP contribution in [-0.4, -0.2) is 94.9 Å². The molecule has 243 valence electrons. The molecule has 16 nitrogen and oxygen atoms in total. The van der Waals surface area contributed by atoms with Crippen molar-refractivity contribution in [2.24, 2.45) is 23.1 Å². The van der Waals surface area contributed by atoms with Crippen molar-refractivity contribution < 1.29 is 43.8 Å². The lowest BCUT2D eigenvalue weighted by molar-refractivity contribution is -0.135. The summed E-state index contributed by atoms with van der Waals surface area (Å²) in [6, 6.07) is 2.17. The molecule has 1 radical (unpaired) electrons. The molecule has 6 amide bonds. The van der Waals surface area contributed by atoms with E-state index in [0.717, 1.165) is 0 Å². The van der Waals surface area contributed by atoms with Crippen LogP contribution in [0.5, 0.6) is 0 Å². The summed E-state index contributed by atoms with van der Waals surface area (Å²) in [4.78, 5) is 85.5. The fourth-order valence-electron chi connectivity index (χ4n) is 3.93. The van der Waals surface area contributed by atoms with Crippen molar-refractivity contribution >= 4 is 41.7 Å². The molecular weight excluding hydrogens is 578 g/mol. The van der Waals surface area contributed by atoms with Crippen LogP contribution < -0.4 is 38.5 Å². The number of nitrogens with two attached hydrogens (primary N) is 3. The van der Waals surface area contributed by atoms with Gasteiger partial charge < -0.3 is 48.7 Å². The zero-order valence-corrected chi connectivity index (χ0v) is 24.7. The van der Waals surface area contributed by atoms with Crippen LogP contribution in [-0.2, 0) is 40.0 Å². The van der Waals surface area contributed by atoms with Gasteiger partial charge in [-0.3, -0.25) is 33.6 Å². The summed E-state index contributed by atoms with van der Waals surface area (Å²) in [7, 11) is 0. The fourth-order valence-corrected chi connectivity index (χ4v) is 3.93. The SMILES string of the molecule is CC(C)C([C]=O)NC(=O)C[C@H](O)C(Cc1ccccc1)NC(=O)[C@H](CC(N)=O)NC(=O)[C@H](CCC(N)=O)NC(=O)[C@@H](N)CO. The van der Waals surface area contributed by atoms with Crippen LogP contribution in [0.4, 0.5) is 0 Å². The molecule has 0 saturated carbocycles. The predicted molar refractivity (Wildman–Crippen MR) is 156 cm³/mol. The Bertz CT molecular complexity index is 1150. The highest BCUT2D eigenvalue weighted by atomic mass is 16.3. The summed E-state index contributed by atoms with van der Waals surface area (Å²) < 4.78 is 0. The lowest BCUT2D eigenvalue weighted by atomic mass is 9.97. The molecule has 0 aliphatic carbocycles. The minimum absolute atomic E-state index is 0.0298. The molecule has 16 heteroatoms. The van der Waals surface area contributed by atoms with Gasteiger partial charge in [0.05, 0.1) is 37.6 Å². The van der Waals surface area contributed by atoms with Gasteiger partial charge in [-0.1, -0.05) is 44.2 Å². The first-order chi connectivity index (χ1) is 20.7. The third-order valence-electron chi connectivity index (χ3n) is 6.48. The number of rotatable bonds is 20. The predicted octanol–water partition coefficient (Wildman–Crippen LogP) is -3.85. The van der Waals surface area contributed by atoms with Crippen molar-refractivity contribution in [3.63, 3.8) is 0 Å². The average Bonchev–Trinajstić information content (AvgIpc) is 2.96. The van der Waals surface area contributed by atoms with Gasteiger partial charge in [0.15, 0.2) is 0 Å². The van der Waals surface area contributed by atoms with E-state index in [1.807, 2.05) is 0 Å². The van der Waals surface area contributed by atoms with E-state index in [0.29, 0.717) is 5.56 Å². The minimum Gasteiger partial charge on any atom is -0.394 e. The highest BCUT2D eigenvalue weighted by molar-refractivity contribution is 5.95. The average molecular weight is 621 g/mol. The maximum Gasteiger partial charge on any atom is 0.243 e. The smallest absolute Gasteiger partial charge is 0.243 e. The fraction of sp³-hybridized carbons (Fsp3) is 0.536. The third kappa shape index (κ3) is 13.7. The Morgan fingerprint density at radius 2 is 1.43 bits per heavy atom. The first-order valence-corrected chi connectivity index (χ1v) is 13.9. The van der Waals surface area contributed by atoms with Gasteiger partial charge in [-0.25, -0.2) is 0 Å². The normalized spacial score (nSPS) is 15.0. The van der Waals surface area contributed by atoms with Crippen molar-refractivity contribution in [1.29, 1.82) is 0 Å².